The summed E-state index contributed by atoms with van der Waals surface area (Å²) in [6, 6.07) is 4.24. The van der Waals surface area contributed by atoms with Gasteiger partial charge in [-0.25, -0.2) is 0 Å². The number of alkyl halides is 3. The Labute approximate surface area is 152 Å². The van der Waals surface area contributed by atoms with E-state index < -0.39 is 18.6 Å². The van der Waals surface area contributed by atoms with Crippen molar-refractivity contribution in [2.24, 2.45) is 0 Å². The molecule has 9 heteroatoms. The second-order valence-corrected chi connectivity index (χ2v) is 5.27. The van der Waals surface area contributed by atoms with Gasteiger partial charge in [-0.2, -0.15) is 13.2 Å². The van der Waals surface area contributed by atoms with Gasteiger partial charge in [-0.15, -0.1) is 24.8 Å². The maximum Gasteiger partial charge on any atom is 0.390 e. The van der Waals surface area contributed by atoms with E-state index in [0.717, 1.165) is 0 Å². The van der Waals surface area contributed by atoms with Gasteiger partial charge in [0.1, 0.15) is 11.5 Å². The summed E-state index contributed by atoms with van der Waals surface area (Å²) in [6.45, 7) is 2.55. The van der Waals surface area contributed by atoms with Gasteiger partial charge < -0.3 is 14.8 Å². The topological polar surface area (TPSA) is 33.7 Å². The zero-order valence-corrected chi connectivity index (χ0v) is 15.2. The molecule has 1 aromatic carbocycles. The Bertz CT molecular complexity index is 476. The number of methoxy groups -OCH3 is 2. The number of hydrogen-bond acceptors (Lipinski definition) is 4. The molecule has 1 N–H and O–H groups in total. The van der Waals surface area contributed by atoms with Crippen LogP contribution in [0.5, 0.6) is 11.5 Å². The lowest BCUT2D eigenvalue weighted by Crippen LogP contribution is -2.46. The first kappa shape index (κ1) is 23.1. The Morgan fingerprint density at radius 3 is 1.96 bits per heavy atom. The van der Waals surface area contributed by atoms with Crippen LogP contribution in [0.3, 0.4) is 0 Å². The zero-order valence-electron chi connectivity index (χ0n) is 13.6. The third-order valence-electron chi connectivity index (χ3n) is 3.78. The van der Waals surface area contributed by atoms with Crippen molar-refractivity contribution in [2.45, 2.75) is 18.6 Å². The van der Waals surface area contributed by atoms with Crippen LogP contribution in [0.25, 0.3) is 0 Å². The van der Waals surface area contributed by atoms with Crippen molar-refractivity contribution in [2.75, 3.05) is 40.4 Å². The number of rotatable bonds is 5. The average molecular weight is 391 g/mol. The molecule has 0 amide bonds. The standard InChI is InChI=1S/C15H21F3N2O2.2ClH/c1-21-12-7-11(8-13(9-12)22-2)14(10-15(16,17)18)20-5-3-19-4-6-20;;/h7-9,14,19H,3-6,10H2,1-2H3;2*1H/t14-;;/m1../s1. The molecule has 4 nitrogen and oxygen atoms in total. The lowest BCUT2D eigenvalue weighted by atomic mass is 10.00. The Balaban J connectivity index is 0.00000264. The highest BCUT2D eigenvalue weighted by molar-refractivity contribution is 5.85. The Hall–Kier alpha value is -0.890. The Kier molecular flexibility index (Phi) is 9.80. The van der Waals surface area contributed by atoms with Gasteiger partial charge in [-0.3, -0.25) is 4.90 Å². The molecule has 1 aromatic rings. The summed E-state index contributed by atoms with van der Waals surface area (Å²) in [5, 5.41) is 3.16. The lowest BCUT2D eigenvalue weighted by molar-refractivity contribution is -0.148. The van der Waals surface area contributed by atoms with Crippen LogP contribution in [-0.2, 0) is 0 Å². The van der Waals surface area contributed by atoms with E-state index in [4.69, 9.17) is 9.47 Å². The van der Waals surface area contributed by atoms with Crippen LogP contribution in [0, 0.1) is 0 Å². The minimum absolute atomic E-state index is 0. The number of hydrogen-bond donors (Lipinski definition) is 1. The van der Waals surface area contributed by atoms with Crippen LogP contribution >= 0.6 is 24.8 Å². The number of benzene rings is 1. The first-order valence-electron chi connectivity index (χ1n) is 7.17. The Morgan fingerprint density at radius 2 is 1.54 bits per heavy atom. The van der Waals surface area contributed by atoms with Crippen molar-refractivity contribution < 1.29 is 22.6 Å². The average Bonchev–Trinajstić information content (AvgIpc) is 2.52. The summed E-state index contributed by atoms with van der Waals surface area (Å²) >= 11 is 0. The van der Waals surface area contributed by atoms with Gasteiger partial charge in [0, 0.05) is 38.3 Å². The number of halogens is 5. The first-order chi connectivity index (χ1) is 10.4. The van der Waals surface area contributed by atoms with Crippen molar-refractivity contribution in [1.29, 1.82) is 0 Å². The monoisotopic (exact) mass is 390 g/mol. The molecule has 1 atom stereocenters. The summed E-state index contributed by atoms with van der Waals surface area (Å²) in [5.74, 6) is 0.994. The van der Waals surface area contributed by atoms with Crippen LogP contribution in [0.4, 0.5) is 13.2 Å². The quantitative estimate of drug-likeness (QED) is 0.834. The molecule has 1 heterocycles. The summed E-state index contributed by atoms with van der Waals surface area (Å²) in [7, 11) is 2.98. The highest BCUT2D eigenvalue weighted by Crippen LogP contribution is 2.37. The Morgan fingerprint density at radius 1 is 1.04 bits per heavy atom. The number of nitrogens with one attached hydrogen (secondary N) is 1. The second-order valence-electron chi connectivity index (χ2n) is 5.27. The van der Waals surface area contributed by atoms with Crippen LogP contribution in [-0.4, -0.2) is 51.5 Å². The molecule has 0 aromatic heterocycles. The molecule has 0 saturated carbocycles. The van der Waals surface area contributed by atoms with Gasteiger partial charge in [0.05, 0.1) is 20.6 Å². The van der Waals surface area contributed by atoms with Crippen molar-refractivity contribution in [1.82, 2.24) is 10.2 Å². The van der Waals surface area contributed by atoms with Gasteiger partial charge in [-0.1, -0.05) is 0 Å². The fourth-order valence-corrected chi connectivity index (χ4v) is 2.69. The van der Waals surface area contributed by atoms with Crippen LogP contribution in [0.15, 0.2) is 18.2 Å². The molecule has 0 bridgehead atoms. The van der Waals surface area contributed by atoms with Gasteiger partial charge in [-0.05, 0) is 17.7 Å². The summed E-state index contributed by atoms with van der Waals surface area (Å²) in [4.78, 5) is 1.86. The van der Waals surface area contributed by atoms with Crippen molar-refractivity contribution in [3.63, 3.8) is 0 Å². The van der Waals surface area contributed by atoms with Crippen LogP contribution in [0.1, 0.15) is 18.0 Å². The van der Waals surface area contributed by atoms with Crippen molar-refractivity contribution in [3.8, 4) is 11.5 Å². The largest absolute Gasteiger partial charge is 0.497 e. The SMILES string of the molecule is COc1cc(OC)cc([C@@H](CC(F)(F)F)N2CCNCC2)c1.Cl.Cl. The highest BCUT2D eigenvalue weighted by Gasteiger charge is 2.36. The molecule has 0 unspecified atom stereocenters. The predicted molar refractivity (Wildman–Crippen MR) is 91.9 cm³/mol. The fourth-order valence-electron chi connectivity index (χ4n) is 2.69. The minimum Gasteiger partial charge on any atom is -0.497 e. The zero-order chi connectivity index (χ0) is 16.2. The molecule has 24 heavy (non-hydrogen) atoms. The highest BCUT2D eigenvalue weighted by atomic mass is 35.5. The second kappa shape index (κ2) is 10.2. The fraction of sp³-hybridized carbons (Fsp3) is 0.600. The third-order valence-corrected chi connectivity index (χ3v) is 3.78. The van der Waals surface area contributed by atoms with Crippen LogP contribution < -0.4 is 14.8 Å². The molecule has 140 valence electrons. The first-order valence-corrected chi connectivity index (χ1v) is 7.17. The molecule has 1 aliphatic heterocycles. The van der Waals surface area contributed by atoms with E-state index in [1.807, 2.05) is 4.90 Å². The molecule has 0 spiro atoms. The maximum atomic E-state index is 13.0. The lowest BCUT2D eigenvalue weighted by Gasteiger charge is -2.35. The van der Waals surface area contributed by atoms with E-state index in [1.54, 1.807) is 18.2 Å². The van der Waals surface area contributed by atoms with E-state index >= 15 is 0 Å². The van der Waals surface area contributed by atoms with Crippen molar-refractivity contribution in [3.05, 3.63) is 23.8 Å². The van der Waals surface area contributed by atoms with Gasteiger partial charge >= 0.3 is 6.18 Å². The molecular weight excluding hydrogens is 368 g/mol. The van der Waals surface area contributed by atoms with E-state index in [0.29, 0.717) is 43.2 Å². The van der Waals surface area contributed by atoms with Gasteiger partial charge in [0.15, 0.2) is 0 Å². The van der Waals surface area contributed by atoms with E-state index in [1.165, 1.54) is 14.2 Å². The van der Waals surface area contributed by atoms with Gasteiger partial charge in [0.25, 0.3) is 0 Å². The van der Waals surface area contributed by atoms with Crippen molar-refractivity contribution >= 4 is 24.8 Å². The summed E-state index contributed by atoms with van der Waals surface area (Å²) in [6.07, 6.45) is -5.12. The van der Waals surface area contributed by atoms with E-state index in [-0.39, 0.29) is 24.8 Å². The molecule has 1 aliphatic rings. The summed E-state index contributed by atoms with van der Waals surface area (Å²) < 4.78 is 49.4. The molecule has 0 radical (unpaired) electrons. The normalized spacial score (nSPS) is 16.5. The van der Waals surface area contributed by atoms with E-state index in [9.17, 15) is 13.2 Å². The summed E-state index contributed by atoms with van der Waals surface area (Å²) in [5.41, 5.74) is 0.565. The molecule has 2 rings (SSSR count). The molecule has 1 saturated heterocycles. The smallest absolute Gasteiger partial charge is 0.390 e. The number of ether oxygens (including phenoxy) is 2. The predicted octanol–water partition coefficient (Wildman–Crippen LogP) is 3.45. The molecule has 0 aliphatic carbocycles. The van der Waals surface area contributed by atoms with Crippen LogP contribution in [0.2, 0.25) is 0 Å². The van der Waals surface area contributed by atoms with E-state index in [2.05, 4.69) is 5.32 Å². The third kappa shape index (κ3) is 6.55. The number of piperazine rings is 1. The molecule has 1 fully saturated rings. The minimum atomic E-state index is -4.23. The number of nitrogens with zero attached hydrogens (tertiary/aromatic N) is 1. The molecular formula is C15H23Cl2F3N2O2. The maximum absolute atomic E-state index is 13.0. The van der Waals surface area contributed by atoms with Gasteiger partial charge in [0.2, 0.25) is 0 Å².